The maximum Gasteiger partial charge on any atom is 0.272 e. The molecule has 1 N–H and O–H groups in total. The molecule has 0 atom stereocenters. The zero-order chi connectivity index (χ0) is 19.5. The van der Waals surface area contributed by atoms with Gasteiger partial charge in [-0.3, -0.25) is 4.79 Å². The summed E-state index contributed by atoms with van der Waals surface area (Å²) in [6.45, 7) is 4.78. The number of benzene rings is 2. The summed E-state index contributed by atoms with van der Waals surface area (Å²) in [5.41, 5.74) is 4.30. The summed E-state index contributed by atoms with van der Waals surface area (Å²) >= 11 is 0. The lowest BCUT2D eigenvalue weighted by atomic mass is 10.1. The molecule has 144 valence electrons. The van der Waals surface area contributed by atoms with Crippen molar-refractivity contribution in [2.24, 2.45) is 0 Å². The average Bonchev–Trinajstić information content (AvgIpc) is 3.15. The van der Waals surface area contributed by atoms with Crippen molar-refractivity contribution in [1.29, 1.82) is 0 Å². The highest BCUT2D eigenvalue weighted by atomic mass is 16.3. The van der Waals surface area contributed by atoms with Gasteiger partial charge in [-0.25, -0.2) is 4.68 Å². The molecular weight excluding hydrogens is 352 g/mol. The van der Waals surface area contributed by atoms with Gasteiger partial charge in [-0.1, -0.05) is 30.3 Å². The number of hydrogen-bond acceptors (Lipinski definition) is 4. The Morgan fingerprint density at radius 2 is 1.68 bits per heavy atom. The lowest BCUT2D eigenvalue weighted by molar-refractivity contribution is 0.0737. The molecule has 28 heavy (non-hydrogen) atoms. The van der Waals surface area contributed by atoms with E-state index in [9.17, 15) is 9.90 Å². The molecular formula is C22H24N4O2. The third kappa shape index (κ3) is 3.64. The van der Waals surface area contributed by atoms with Crippen LogP contribution in [0.15, 0.2) is 60.7 Å². The van der Waals surface area contributed by atoms with E-state index in [1.54, 1.807) is 4.68 Å². The van der Waals surface area contributed by atoms with Gasteiger partial charge in [-0.05, 0) is 42.8 Å². The zero-order valence-electron chi connectivity index (χ0n) is 16.0. The Morgan fingerprint density at radius 3 is 2.39 bits per heavy atom. The van der Waals surface area contributed by atoms with Crippen molar-refractivity contribution >= 4 is 11.6 Å². The number of aryl methyl sites for hydroxylation is 1. The van der Waals surface area contributed by atoms with E-state index < -0.39 is 0 Å². The molecule has 4 rings (SSSR count). The molecule has 1 aliphatic heterocycles. The molecule has 0 aliphatic carbocycles. The first-order valence-corrected chi connectivity index (χ1v) is 9.52. The van der Waals surface area contributed by atoms with Crippen molar-refractivity contribution in [3.8, 4) is 5.69 Å². The highest BCUT2D eigenvalue weighted by molar-refractivity contribution is 5.93. The Balaban J connectivity index is 1.49. The van der Waals surface area contributed by atoms with E-state index in [1.165, 1.54) is 0 Å². The van der Waals surface area contributed by atoms with Crippen molar-refractivity contribution in [3.05, 3.63) is 77.6 Å². The Bertz CT molecular complexity index is 960. The molecule has 2 aromatic carbocycles. The largest absolute Gasteiger partial charge is 0.392 e. The number of carbonyl (C=O) groups is 1. The summed E-state index contributed by atoms with van der Waals surface area (Å²) < 4.78 is 1.73. The minimum absolute atomic E-state index is 0.00760. The number of aromatic nitrogens is 2. The van der Waals surface area contributed by atoms with Crippen LogP contribution < -0.4 is 4.90 Å². The first kappa shape index (κ1) is 18.3. The van der Waals surface area contributed by atoms with E-state index in [0.29, 0.717) is 18.8 Å². The lowest BCUT2D eigenvalue weighted by Gasteiger charge is -2.36. The van der Waals surface area contributed by atoms with Crippen LogP contribution in [0.1, 0.15) is 21.7 Å². The molecule has 1 saturated heterocycles. The number of para-hydroxylation sites is 1. The fraction of sp³-hybridized carbons (Fsp3) is 0.273. The van der Waals surface area contributed by atoms with Crippen LogP contribution in [0, 0.1) is 6.92 Å². The van der Waals surface area contributed by atoms with E-state index in [4.69, 9.17) is 0 Å². The number of carbonyl (C=O) groups excluding carboxylic acids is 1. The van der Waals surface area contributed by atoms with E-state index in [1.807, 2.05) is 72.5 Å². The standard InChI is InChI=1S/C22H24N4O2/c1-17-14-21(26(23-17)19-7-3-2-4-8-19)22(28)25-12-10-24(11-13-25)20-9-5-6-18(15-20)16-27/h2-9,14-15,27H,10-13,16H2,1H3. The van der Waals surface area contributed by atoms with E-state index >= 15 is 0 Å². The molecule has 0 unspecified atom stereocenters. The Kier molecular flexibility index (Phi) is 5.12. The van der Waals surface area contributed by atoms with Gasteiger partial charge in [0.25, 0.3) is 5.91 Å². The number of piperazine rings is 1. The van der Waals surface area contributed by atoms with Crippen molar-refractivity contribution < 1.29 is 9.90 Å². The number of rotatable bonds is 4. The molecule has 0 radical (unpaired) electrons. The molecule has 3 aromatic rings. The summed E-state index contributed by atoms with van der Waals surface area (Å²) in [7, 11) is 0. The molecule has 1 fully saturated rings. The van der Waals surface area contributed by atoms with Crippen LogP contribution in [0.3, 0.4) is 0 Å². The predicted molar refractivity (Wildman–Crippen MR) is 109 cm³/mol. The van der Waals surface area contributed by atoms with Gasteiger partial charge in [-0.15, -0.1) is 0 Å². The van der Waals surface area contributed by atoms with Gasteiger partial charge in [0, 0.05) is 31.9 Å². The van der Waals surface area contributed by atoms with Crippen molar-refractivity contribution in [1.82, 2.24) is 14.7 Å². The van der Waals surface area contributed by atoms with Crippen molar-refractivity contribution in [2.75, 3.05) is 31.1 Å². The lowest BCUT2D eigenvalue weighted by Crippen LogP contribution is -2.49. The smallest absolute Gasteiger partial charge is 0.272 e. The fourth-order valence-corrected chi connectivity index (χ4v) is 3.60. The van der Waals surface area contributed by atoms with Gasteiger partial charge >= 0.3 is 0 Å². The average molecular weight is 376 g/mol. The van der Waals surface area contributed by atoms with Crippen LogP contribution in [-0.2, 0) is 6.61 Å². The van der Waals surface area contributed by atoms with Crippen LogP contribution in [-0.4, -0.2) is 51.9 Å². The van der Waals surface area contributed by atoms with Gasteiger partial charge in [0.2, 0.25) is 0 Å². The molecule has 0 bridgehead atoms. The third-order valence-electron chi connectivity index (χ3n) is 5.08. The summed E-state index contributed by atoms with van der Waals surface area (Å²) in [4.78, 5) is 17.3. The highest BCUT2D eigenvalue weighted by Crippen LogP contribution is 2.20. The molecule has 0 spiro atoms. The number of hydrogen-bond donors (Lipinski definition) is 1. The highest BCUT2D eigenvalue weighted by Gasteiger charge is 2.25. The summed E-state index contributed by atoms with van der Waals surface area (Å²) in [5, 5.41) is 13.9. The Labute approximate surface area is 164 Å². The first-order valence-electron chi connectivity index (χ1n) is 9.52. The zero-order valence-corrected chi connectivity index (χ0v) is 16.0. The first-order chi connectivity index (χ1) is 13.7. The minimum Gasteiger partial charge on any atom is -0.392 e. The van der Waals surface area contributed by atoms with Crippen molar-refractivity contribution in [2.45, 2.75) is 13.5 Å². The Morgan fingerprint density at radius 1 is 0.964 bits per heavy atom. The molecule has 6 nitrogen and oxygen atoms in total. The van der Waals surface area contributed by atoms with Gasteiger partial charge in [0.05, 0.1) is 18.0 Å². The molecule has 1 aliphatic rings. The molecule has 1 amide bonds. The molecule has 1 aromatic heterocycles. The Hall–Kier alpha value is -3.12. The maximum atomic E-state index is 13.2. The number of aliphatic hydroxyl groups excluding tert-OH is 1. The van der Waals surface area contributed by atoms with Gasteiger partial charge < -0.3 is 14.9 Å². The molecule has 6 heteroatoms. The van der Waals surface area contributed by atoms with Gasteiger partial charge in [0.15, 0.2) is 0 Å². The predicted octanol–water partition coefficient (Wildman–Crippen LogP) is 2.64. The van der Waals surface area contributed by atoms with Crippen LogP contribution in [0.25, 0.3) is 5.69 Å². The van der Waals surface area contributed by atoms with Crippen molar-refractivity contribution in [3.63, 3.8) is 0 Å². The van der Waals surface area contributed by atoms with Crippen LogP contribution in [0.4, 0.5) is 5.69 Å². The quantitative estimate of drug-likeness (QED) is 0.760. The van der Waals surface area contributed by atoms with E-state index in [-0.39, 0.29) is 12.5 Å². The third-order valence-corrected chi connectivity index (χ3v) is 5.08. The summed E-state index contributed by atoms with van der Waals surface area (Å²) in [5.74, 6) is 0.00760. The summed E-state index contributed by atoms with van der Waals surface area (Å²) in [6.07, 6.45) is 0. The van der Waals surface area contributed by atoms with Gasteiger partial charge in [-0.2, -0.15) is 5.10 Å². The SMILES string of the molecule is Cc1cc(C(=O)N2CCN(c3cccc(CO)c3)CC2)n(-c2ccccc2)n1. The molecule has 2 heterocycles. The number of nitrogens with zero attached hydrogens (tertiary/aromatic N) is 4. The minimum atomic E-state index is 0.00760. The number of amides is 1. The number of aliphatic hydroxyl groups is 1. The van der Waals surface area contributed by atoms with Crippen LogP contribution in [0.5, 0.6) is 0 Å². The monoisotopic (exact) mass is 376 g/mol. The van der Waals surface area contributed by atoms with Crippen LogP contribution in [0.2, 0.25) is 0 Å². The topological polar surface area (TPSA) is 61.6 Å². The maximum absolute atomic E-state index is 13.2. The second-order valence-electron chi connectivity index (χ2n) is 7.03. The van der Waals surface area contributed by atoms with E-state index in [0.717, 1.165) is 35.7 Å². The second kappa shape index (κ2) is 7.86. The number of anilines is 1. The fourth-order valence-electron chi connectivity index (χ4n) is 3.60. The normalized spacial score (nSPS) is 14.4. The molecule has 0 saturated carbocycles. The second-order valence-corrected chi connectivity index (χ2v) is 7.03. The van der Waals surface area contributed by atoms with E-state index in [2.05, 4.69) is 10.00 Å². The van der Waals surface area contributed by atoms with Crippen LogP contribution >= 0.6 is 0 Å². The van der Waals surface area contributed by atoms with Gasteiger partial charge in [0.1, 0.15) is 5.69 Å². The summed E-state index contributed by atoms with van der Waals surface area (Å²) in [6, 6.07) is 19.5.